The fourth-order valence-electron chi connectivity index (χ4n) is 0.285. The van der Waals surface area contributed by atoms with Gasteiger partial charge in [-0.15, -0.1) is 3.89 Å². The second kappa shape index (κ2) is 3.41. The van der Waals surface area contributed by atoms with Gasteiger partial charge in [-0.25, -0.2) is 0 Å². The lowest BCUT2D eigenvalue weighted by atomic mass is 10.8. The van der Waals surface area contributed by atoms with E-state index in [9.17, 15) is 24.6 Å². The number of halogens is 2. The van der Waals surface area contributed by atoms with Gasteiger partial charge in [0.2, 0.25) is 0 Å². The smallest absolute Gasteiger partial charge is 0.195 e. The quantitative estimate of drug-likeness (QED) is 0.608. The van der Waals surface area contributed by atoms with Gasteiger partial charge in [0.15, 0.2) is 0 Å². The maximum Gasteiger partial charge on any atom is 0.372 e. The zero-order valence-electron chi connectivity index (χ0n) is 5.12. The predicted octanol–water partition coefficient (Wildman–Crippen LogP) is -0.910. The molecular formula is C2H5F2NO4S2. The van der Waals surface area contributed by atoms with Crippen LogP contribution >= 0.6 is 0 Å². The Morgan fingerprint density at radius 3 is 1.82 bits per heavy atom. The molecule has 0 bridgehead atoms. The molecule has 0 unspecified atom stereocenters. The van der Waals surface area contributed by atoms with Crippen LogP contribution in [0.25, 0.3) is 0 Å². The molecule has 0 amide bonds. The van der Waals surface area contributed by atoms with Crippen LogP contribution in [0.3, 0.4) is 0 Å². The highest BCUT2D eigenvalue weighted by Gasteiger charge is 2.10. The van der Waals surface area contributed by atoms with Crippen LogP contribution in [0.5, 0.6) is 0 Å². The van der Waals surface area contributed by atoms with Crippen LogP contribution in [0, 0.1) is 0 Å². The van der Waals surface area contributed by atoms with Crippen molar-refractivity contribution in [2.75, 3.05) is 12.3 Å². The molecule has 0 radical (unpaired) electrons. The summed E-state index contributed by atoms with van der Waals surface area (Å²) in [5, 5.41) is 0. The largest absolute Gasteiger partial charge is 0.372 e. The summed E-state index contributed by atoms with van der Waals surface area (Å²) < 4.78 is 62.9. The number of hydrogen-bond acceptors (Lipinski definition) is 4. The minimum Gasteiger partial charge on any atom is -0.195 e. The van der Waals surface area contributed by atoms with Crippen LogP contribution in [0.1, 0.15) is 0 Å². The molecule has 9 heteroatoms. The molecule has 11 heavy (non-hydrogen) atoms. The standard InChI is InChI=1S/C2H5F2NO4S2/c3-10(6,7)2-1-5-11(4,8)9/h5H,1-2H2. The van der Waals surface area contributed by atoms with Gasteiger partial charge in [-0.1, -0.05) is 3.89 Å². The summed E-state index contributed by atoms with van der Waals surface area (Å²) in [6, 6.07) is 0. The van der Waals surface area contributed by atoms with Crippen molar-refractivity contribution in [1.82, 2.24) is 4.72 Å². The predicted molar refractivity (Wildman–Crippen MR) is 32.9 cm³/mol. The summed E-state index contributed by atoms with van der Waals surface area (Å²) >= 11 is 0. The van der Waals surface area contributed by atoms with E-state index in [1.165, 1.54) is 0 Å². The Morgan fingerprint density at radius 1 is 1.09 bits per heavy atom. The van der Waals surface area contributed by atoms with Crippen LogP contribution in [0.4, 0.5) is 7.77 Å². The average Bonchev–Trinajstić information content (AvgIpc) is 1.55. The fraction of sp³-hybridized carbons (Fsp3) is 1.00. The molecule has 0 saturated heterocycles. The van der Waals surface area contributed by atoms with Gasteiger partial charge in [-0.3, -0.25) is 0 Å². The second-order valence-corrected chi connectivity index (χ2v) is 4.23. The number of hydrogen-bond donors (Lipinski definition) is 1. The van der Waals surface area contributed by atoms with E-state index in [-0.39, 0.29) is 0 Å². The van der Waals surface area contributed by atoms with Crippen molar-refractivity contribution in [1.29, 1.82) is 0 Å². The second-order valence-electron chi connectivity index (χ2n) is 1.58. The Labute approximate surface area is 63.0 Å². The van der Waals surface area contributed by atoms with E-state index in [2.05, 4.69) is 0 Å². The molecule has 5 nitrogen and oxygen atoms in total. The van der Waals surface area contributed by atoms with Gasteiger partial charge in [0.25, 0.3) is 0 Å². The number of nitrogens with one attached hydrogen (secondary N) is 1. The third kappa shape index (κ3) is 9.72. The summed E-state index contributed by atoms with van der Waals surface area (Å²) in [6.45, 7) is -0.808. The van der Waals surface area contributed by atoms with Crippen molar-refractivity contribution < 1.29 is 24.6 Å². The normalized spacial score (nSPS) is 13.3. The van der Waals surface area contributed by atoms with Crippen molar-refractivity contribution in [2.45, 2.75) is 0 Å². The molecule has 0 aromatic rings. The topological polar surface area (TPSA) is 80.3 Å². The van der Waals surface area contributed by atoms with Crippen molar-refractivity contribution >= 4 is 20.6 Å². The van der Waals surface area contributed by atoms with Gasteiger partial charge in [0, 0.05) is 6.54 Å². The van der Waals surface area contributed by atoms with Crippen LogP contribution in [0.2, 0.25) is 0 Å². The molecular weight excluding hydrogens is 204 g/mol. The van der Waals surface area contributed by atoms with E-state index >= 15 is 0 Å². The van der Waals surface area contributed by atoms with Gasteiger partial charge in [-0.05, 0) is 0 Å². The summed E-state index contributed by atoms with van der Waals surface area (Å²) in [7, 11) is -9.67. The summed E-state index contributed by atoms with van der Waals surface area (Å²) in [5.74, 6) is -1.07. The maximum atomic E-state index is 11.6. The molecule has 0 aliphatic rings. The molecule has 0 heterocycles. The zero-order valence-corrected chi connectivity index (χ0v) is 6.75. The monoisotopic (exact) mass is 209 g/mol. The van der Waals surface area contributed by atoms with E-state index in [0.29, 0.717) is 0 Å². The minimum absolute atomic E-state index is 0.808. The minimum atomic E-state index is -4.93. The molecule has 0 atom stereocenters. The van der Waals surface area contributed by atoms with E-state index in [1.807, 2.05) is 0 Å². The summed E-state index contributed by atoms with van der Waals surface area (Å²) in [5.41, 5.74) is 0. The molecule has 68 valence electrons. The molecule has 0 aliphatic heterocycles. The lowest BCUT2D eigenvalue weighted by Crippen LogP contribution is -2.24. The van der Waals surface area contributed by atoms with Crippen LogP contribution < -0.4 is 4.72 Å². The van der Waals surface area contributed by atoms with Crippen molar-refractivity contribution in [3.8, 4) is 0 Å². The SMILES string of the molecule is O=S(=O)(F)CCNS(=O)(=O)F. The van der Waals surface area contributed by atoms with Gasteiger partial charge in [-0.2, -0.15) is 21.6 Å². The maximum absolute atomic E-state index is 11.6. The van der Waals surface area contributed by atoms with Crippen molar-refractivity contribution in [3.63, 3.8) is 0 Å². The fourth-order valence-corrected chi connectivity index (χ4v) is 1.11. The molecule has 0 fully saturated rings. The highest BCUT2D eigenvalue weighted by molar-refractivity contribution is 7.86. The third-order valence-electron chi connectivity index (χ3n) is 0.620. The van der Waals surface area contributed by atoms with Crippen LogP contribution in [-0.4, -0.2) is 29.1 Å². The lowest BCUT2D eigenvalue weighted by molar-refractivity contribution is 0.534. The van der Waals surface area contributed by atoms with E-state index in [4.69, 9.17) is 0 Å². The highest BCUT2D eigenvalue weighted by atomic mass is 32.3. The van der Waals surface area contributed by atoms with Crippen LogP contribution in [-0.2, 0) is 20.6 Å². The zero-order chi connectivity index (χ0) is 9.12. The first-order valence-electron chi connectivity index (χ1n) is 2.32. The van der Waals surface area contributed by atoms with E-state index < -0.39 is 32.9 Å². The molecule has 0 aromatic carbocycles. The molecule has 0 rings (SSSR count). The molecule has 1 N–H and O–H groups in total. The van der Waals surface area contributed by atoms with Gasteiger partial charge in [0.05, 0.1) is 5.75 Å². The molecule has 0 aromatic heterocycles. The van der Waals surface area contributed by atoms with E-state index in [0.717, 1.165) is 4.72 Å². The van der Waals surface area contributed by atoms with Crippen LogP contribution in [0.15, 0.2) is 0 Å². The van der Waals surface area contributed by atoms with Gasteiger partial charge in [0.1, 0.15) is 0 Å². The Kier molecular flexibility index (Phi) is 3.32. The Balaban J connectivity index is 3.79. The lowest BCUT2D eigenvalue weighted by Gasteiger charge is -1.94. The first-order chi connectivity index (χ1) is 4.71. The highest BCUT2D eigenvalue weighted by Crippen LogP contribution is 1.89. The van der Waals surface area contributed by atoms with Gasteiger partial charge >= 0.3 is 20.6 Å². The first kappa shape index (κ1) is 10.7. The van der Waals surface area contributed by atoms with Gasteiger partial charge < -0.3 is 0 Å². The Morgan fingerprint density at radius 2 is 1.55 bits per heavy atom. The number of rotatable bonds is 4. The average molecular weight is 209 g/mol. The van der Waals surface area contributed by atoms with Crippen molar-refractivity contribution in [2.24, 2.45) is 0 Å². The Bertz CT molecular complexity index is 273. The van der Waals surface area contributed by atoms with Crippen molar-refractivity contribution in [3.05, 3.63) is 0 Å². The molecule has 0 spiro atoms. The molecule has 0 aliphatic carbocycles. The Hall–Kier alpha value is -0.280. The van der Waals surface area contributed by atoms with E-state index in [1.54, 1.807) is 0 Å². The third-order valence-corrected chi connectivity index (χ3v) is 1.86. The first-order valence-corrected chi connectivity index (χ1v) is 5.26. The molecule has 0 saturated carbocycles. The summed E-state index contributed by atoms with van der Waals surface area (Å²) in [6.07, 6.45) is 0. The summed E-state index contributed by atoms with van der Waals surface area (Å²) in [4.78, 5) is 0.